The van der Waals surface area contributed by atoms with E-state index in [0.717, 1.165) is 33.4 Å². The van der Waals surface area contributed by atoms with Gasteiger partial charge in [0, 0.05) is 67.8 Å². The Morgan fingerprint density at radius 1 is 1.29 bits per heavy atom. The van der Waals surface area contributed by atoms with Crippen LogP contribution in [0.2, 0.25) is 0 Å². The van der Waals surface area contributed by atoms with Gasteiger partial charge in [0.05, 0.1) is 18.8 Å². The molecule has 4 aromatic rings. The van der Waals surface area contributed by atoms with Gasteiger partial charge in [0.1, 0.15) is 17.9 Å². The molecule has 4 aromatic heterocycles. The molecular weight excluding hydrogens is 432 g/mol. The minimum absolute atomic E-state index is 0.0285. The van der Waals surface area contributed by atoms with Gasteiger partial charge in [-0.3, -0.25) is 9.48 Å². The Labute approximate surface area is 197 Å². The molecule has 5 rings (SSSR count). The molecular formula is C24H26N8O2. The van der Waals surface area contributed by atoms with E-state index in [-0.39, 0.29) is 5.91 Å². The molecule has 0 unspecified atom stereocenters. The number of carbonyl (C=O) groups is 1. The highest BCUT2D eigenvalue weighted by Crippen LogP contribution is 2.38. The lowest BCUT2D eigenvalue weighted by atomic mass is 10.0. The van der Waals surface area contributed by atoms with Crippen LogP contribution in [-0.2, 0) is 29.2 Å². The molecule has 0 aromatic carbocycles. The van der Waals surface area contributed by atoms with Crippen molar-refractivity contribution in [3.63, 3.8) is 0 Å². The Kier molecular flexibility index (Phi) is 5.63. The number of carbonyl (C=O) groups excluding carboxylic acids is 1. The van der Waals surface area contributed by atoms with Gasteiger partial charge in [-0.15, -0.1) is 5.10 Å². The zero-order valence-corrected chi connectivity index (χ0v) is 19.5. The zero-order chi connectivity index (χ0) is 23.8. The molecule has 0 aliphatic carbocycles. The predicted octanol–water partition coefficient (Wildman–Crippen LogP) is 3.55. The van der Waals surface area contributed by atoms with Gasteiger partial charge in [-0.1, -0.05) is 6.57 Å². The number of methoxy groups -OCH3 is 1. The second kappa shape index (κ2) is 8.76. The molecule has 0 saturated heterocycles. The van der Waals surface area contributed by atoms with Gasteiger partial charge in [0.15, 0.2) is 0 Å². The number of nitrogens with one attached hydrogen (secondary N) is 1. The van der Waals surface area contributed by atoms with Crippen LogP contribution in [0, 0.1) is 13.5 Å². The molecule has 174 valence electrons. The van der Waals surface area contributed by atoms with Crippen molar-refractivity contribution in [2.45, 2.75) is 39.4 Å². The number of H-pyrrole nitrogens is 1. The third-order valence-electron chi connectivity index (χ3n) is 6.26. The fourth-order valence-corrected chi connectivity index (χ4v) is 4.51. The van der Waals surface area contributed by atoms with Gasteiger partial charge in [0.2, 0.25) is 5.91 Å². The van der Waals surface area contributed by atoms with Crippen LogP contribution in [0.15, 0.2) is 24.7 Å². The summed E-state index contributed by atoms with van der Waals surface area (Å²) < 4.78 is 8.79. The first-order valence-electron chi connectivity index (χ1n) is 11.2. The van der Waals surface area contributed by atoms with Gasteiger partial charge in [0.25, 0.3) is 5.82 Å². The standard InChI is InChI=1S/C24H26N8O2/c1-15-19-13-31(28-15)7-5-6-21(33)30(3)14-20-22(24(25-2)32(29-20)8-9-34-4)16-10-17-18(19)12-27-23(17)26-11-16/h10-13H,5-9,14H2,1,3-4H3,(H,26,27). The SMILES string of the molecule is [C-]#[N+]c1c2c(nn1CCOC)CN(C)C(=O)CCCn1cc(c(C)n1)-c1c[nH]c3ncc-2cc13. The maximum absolute atomic E-state index is 12.9. The Morgan fingerprint density at radius 2 is 2.15 bits per heavy atom. The highest BCUT2D eigenvalue weighted by Gasteiger charge is 2.24. The molecule has 4 bridgehead atoms. The summed E-state index contributed by atoms with van der Waals surface area (Å²) in [6, 6.07) is 2.04. The molecule has 1 aliphatic rings. The van der Waals surface area contributed by atoms with Crippen LogP contribution in [-0.4, -0.2) is 61.1 Å². The van der Waals surface area contributed by atoms with Gasteiger partial charge >= 0.3 is 0 Å². The van der Waals surface area contributed by atoms with Gasteiger partial charge in [-0.05, 0) is 25.0 Å². The summed E-state index contributed by atoms with van der Waals surface area (Å²) in [5.41, 5.74) is 5.87. The first-order chi connectivity index (χ1) is 16.5. The molecule has 1 N–H and O–H groups in total. The summed E-state index contributed by atoms with van der Waals surface area (Å²) >= 11 is 0. The molecule has 1 aliphatic heterocycles. The monoisotopic (exact) mass is 458 g/mol. The lowest BCUT2D eigenvalue weighted by Crippen LogP contribution is -2.26. The Balaban J connectivity index is 1.74. The van der Waals surface area contributed by atoms with Crippen molar-refractivity contribution in [1.82, 2.24) is 34.4 Å². The van der Waals surface area contributed by atoms with Crippen molar-refractivity contribution in [2.75, 3.05) is 20.8 Å². The number of amides is 1. The van der Waals surface area contributed by atoms with E-state index in [9.17, 15) is 4.79 Å². The van der Waals surface area contributed by atoms with E-state index in [2.05, 4.69) is 19.9 Å². The zero-order valence-electron chi connectivity index (χ0n) is 19.5. The number of hydrogen-bond donors (Lipinski definition) is 1. The smallest absolute Gasteiger partial charge is 0.260 e. The first-order valence-corrected chi connectivity index (χ1v) is 11.2. The number of rotatable bonds is 3. The predicted molar refractivity (Wildman–Crippen MR) is 127 cm³/mol. The van der Waals surface area contributed by atoms with Crippen LogP contribution >= 0.6 is 0 Å². The van der Waals surface area contributed by atoms with Crippen LogP contribution < -0.4 is 0 Å². The van der Waals surface area contributed by atoms with Crippen LogP contribution in [0.1, 0.15) is 24.2 Å². The lowest BCUT2D eigenvalue weighted by molar-refractivity contribution is -0.130. The van der Waals surface area contributed by atoms with E-state index in [4.69, 9.17) is 16.4 Å². The van der Waals surface area contributed by atoms with E-state index in [1.807, 2.05) is 30.1 Å². The fourth-order valence-electron chi connectivity index (χ4n) is 4.51. The number of pyridine rings is 1. The molecule has 0 atom stereocenters. The van der Waals surface area contributed by atoms with Crippen molar-refractivity contribution in [2.24, 2.45) is 0 Å². The second-order valence-corrected chi connectivity index (χ2v) is 8.54. The third-order valence-corrected chi connectivity index (χ3v) is 6.26. The second-order valence-electron chi connectivity index (χ2n) is 8.54. The summed E-state index contributed by atoms with van der Waals surface area (Å²) in [4.78, 5) is 26.3. The van der Waals surface area contributed by atoms with E-state index >= 15 is 0 Å². The number of fused-ring (bicyclic) bond motifs is 6. The maximum atomic E-state index is 12.9. The average molecular weight is 459 g/mol. The Bertz CT molecular complexity index is 1420. The summed E-state index contributed by atoms with van der Waals surface area (Å²) in [5, 5.41) is 10.3. The third kappa shape index (κ3) is 3.74. The van der Waals surface area contributed by atoms with Crippen molar-refractivity contribution in [3.05, 3.63) is 47.5 Å². The normalized spacial score (nSPS) is 14.2. The summed E-state index contributed by atoms with van der Waals surface area (Å²) in [7, 11) is 3.40. The van der Waals surface area contributed by atoms with Crippen LogP contribution in [0.25, 0.3) is 38.1 Å². The molecule has 5 heterocycles. The minimum atomic E-state index is 0.0285. The van der Waals surface area contributed by atoms with E-state index < -0.39 is 0 Å². The van der Waals surface area contributed by atoms with Crippen LogP contribution in [0.3, 0.4) is 0 Å². The van der Waals surface area contributed by atoms with Gasteiger partial charge in [-0.25, -0.2) is 4.98 Å². The number of aromatic nitrogens is 6. The fraction of sp³-hybridized carbons (Fsp3) is 0.375. The average Bonchev–Trinajstić information content (AvgIpc) is 3.50. The number of ether oxygens (including phenoxy) is 1. The highest BCUT2D eigenvalue weighted by atomic mass is 16.5. The molecule has 0 radical (unpaired) electrons. The maximum Gasteiger partial charge on any atom is 0.260 e. The van der Waals surface area contributed by atoms with Gasteiger partial charge < -0.3 is 19.5 Å². The summed E-state index contributed by atoms with van der Waals surface area (Å²) in [5.74, 6) is 0.445. The Morgan fingerprint density at radius 3 is 2.94 bits per heavy atom. The topological polar surface area (TPSA) is 98.2 Å². The lowest BCUT2D eigenvalue weighted by Gasteiger charge is -2.17. The summed E-state index contributed by atoms with van der Waals surface area (Å²) in [6.45, 7) is 11.7. The number of hydrogen-bond acceptors (Lipinski definition) is 5. The van der Waals surface area contributed by atoms with E-state index in [0.29, 0.717) is 56.2 Å². The van der Waals surface area contributed by atoms with Crippen molar-refractivity contribution in [1.29, 1.82) is 0 Å². The largest absolute Gasteiger partial charge is 0.381 e. The first kappa shape index (κ1) is 21.9. The van der Waals surface area contributed by atoms with Crippen LogP contribution in [0.4, 0.5) is 5.82 Å². The van der Waals surface area contributed by atoms with E-state index in [1.54, 1.807) is 29.9 Å². The van der Waals surface area contributed by atoms with Crippen molar-refractivity contribution >= 4 is 22.8 Å². The highest BCUT2D eigenvalue weighted by molar-refractivity contribution is 5.97. The van der Waals surface area contributed by atoms with Crippen molar-refractivity contribution < 1.29 is 9.53 Å². The number of nitrogens with zero attached hydrogens (tertiary/aromatic N) is 7. The molecule has 10 heteroatoms. The summed E-state index contributed by atoms with van der Waals surface area (Å²) in [6.07, 6.45) is 6.82. The molecule has 1 amide bonds. The van der Waals surface area contributed by atoms with Crippen molar-refractivity contribution in [3.8, 4) is 22.3 Å². The molecule has 10 nitrogen and oxygen atoms in total. The van der Waals surface area contributed by atoms with Gasteiger partial charge in [-0.2, -0.15) is 9.78 Å². The Hall–Kier alpha value is -3.97. The molecule has 0 saturated carbocycles. The van der Waals surface area contributed by atoms with Crippen LogP contribution in [0.5, 0.6) is 0 Å². The number of aryl methyl sites for hydroxylation is 2. The molecule has 0 spiro atoms. The molecule has 34 heavy (non-hydrogen) atoms. The number of aromatic amines is 1. The quantitative estimate of drug-likeness (QED) is 0.474. The minimum Gasteiger partial charge on any atom is -0.381 e. The molecule has 0 fully saturated rings. The van der Waals surface area contributed by atoms with E-state index in [1.165, 1.54) is 0 Å².